The molecule has 0 saturated heterocycles. The Morgan fingerprint density at radius 3 is 2.18 bits per heavy atom. The van der Waals surface area contributed by atoms with Gasteiger partial charge in [-0.3, -0.25) is 9.36 Å². The molecule has 220 valence electrons. The Morgan fingerprint density at radius 1 is 0.932 bits per heavy atom. The van der Waals surface area contributed by atoms with Gasteiger partial charge >= 0.3 is 5.97 Å². The van der Waals surface area contributed by atoms with Crippen LogP contribution in [-0.2, 0) is 16.1 Å². The van der Waals surface area contributed by atoms with E-state index in [-0.39, 0.29) is 12.2 Å². The maximum absolute atomic E-state index is 14.1. The number of hydrogen-bond acceptors (Lipinski definition) is 6. The van der Waals surface area contributed by atoms with Crippen LogP contribution >= 0.6 is 43.2 Å². The van der Waals surface area contributed by atoms with Crippen LogP contribution in [0.3, 0.4) is 0 Å². The van der Waals surface area contributed by atoms with Gasteiger partial charge in [0.2, 0.25) is 0 Å². The van der Waals surface area contributed by atoms with E-state index < -0.39 is 12.0 Å². The zero-order valence-corrected chi connectivity index (χ0v) is 27.6. The highest BCUT2D eigenvalue weighted by molar-refractivity contribution is 9.11. The zero-order valence-electron chi connectivity index (χ0n) is 23.6. The number of hydrogen-bond donors (Lipinski definition) is 0. The number of thiazole rings is 1. The van der Waals surface area contributed by atoms with Gasteiger partial charge in [0.05, 0.1) is 37.4 Å². The lowest BCUT2D eigenvalue weighted by Gasteiger charge is -2.25. The first-order valence-corrected chi connectivity index (χ1v) is 16.3. The Hall–Kier alpha value is -4.05. The van der Waals surface area contributed by atoms with E-state index in [0.29, 0.717) is 33.0 Å². The number of esters is 1. The lowest BCUT2D eigenvalue weighted by atomic mass is 9.93. The Balaban J connectivity index is 1.48. The van der Waals surface area contributed by atoms with Crippen LogP contribution in [0.4, 0.5) is 0 Å². The van der Waals surface area contributed by atoms with Crippen molar-refractivity contribution in [3.05, 3.63) is 160 Å². The number of halogens is 2. The maximum Gasteiger partial charge on any atom is 0.338 e. The Labute approximate surface area is 274 Å². The van der Waals surface area contributed by atoms with Gasteiger partial charge in [-0.25, -0.2) is 9.79 Å². The van der Waals surface area contributed by atoms with Crippen molar-refractivity contribution in [1.29, 1.82) is 0 Å². The summed E-state index contributed by atoms with van der Waals surface area (Å²) in [6.07, 6.45) is 1.83. The van der Waals surface area contributed by atoms with Crippen LogP contribution in [-0.4, -0.2) is 17.1 Å². The van der Waals surface area contributed by atoms with E-state index in [1.165, 1.54) is 11.3 Å². The number of carbonyl (C=O) groups is 1. The fourth-order valence-electron chi connectivity index (χ4n) is 5.07. The normalized spacial score (nSPS) is 14.6. The second kappa shape index (κ2) is 13.3. The van der Waals surface area contributed by atoms with Gasteiger partial charge in [0.1, 0.15) is 12.4 Å². The summed E-state index contributed by atoms with van der Waals surface area (Å²) >= 11 is 8.57. The van der Waals surface area contributed by atoms with Gasteiger partial charge in [-0.1, -0.05) is 102 Å². The van der Waals surface area contributed by atoms with Crippen LogP contribution in [0, 0.1) is 0 Å². The van der Waals surface area contributed by atoms with Crippen LogP contribution < -0.4 is 19.6 Å². The highest BCUT2D eigenvalue weighted by Gasteiger charge is 2.35. The van der Waals surface area contributed by atoms with Crippen LogP contribution in [0.5, 0.6) is 5.75 Å². The van der Waals surface area contributed by atoms with E-state index in [2.05, 4.69) is 31.9 Å². The molecule has 0 N–H and O–H groups in total. The van der Waals surface area contributed by atoms with E-state index in [9.17, 15) is 9.59 Å². The number of ether oxygens (including phenoxy) is 2. The van der Waals surface area contributed by atoms with Gasteiger partial charge in [0, 0.05) is 5.56 Å². The molecule has 1 aromatic heterocycles. The van der Waals surface area contributed by atoms with Crippen molar-refractivity contribution in [1.82, 2.24) is 4.57 Å². The van der Waals surface area contributed by atoms with E-state index in [1.807, 2.05) is 109 Å². The highest BCUT2D eigenvalue weighted by atomic mass is 79.9. The standard InChI is InChI=1S/C35H26Br2N2O4S/c1-2-42-34(41)29-30(24-14-8-4-9-15-24)38-35-39(31(29)25-16-10-5-11-17-25)33(40)28(44-35)20-23-18-26(36)32(27(37)19-23)43-21-22-12-6-3-7-13-22/h3-20,31H,2,21H2,1H3/b28-20-/t31-/m1/s1. The third-order valence-electron chi connectivity index (χ3n) is 7.03. The van der Waals surface area contributed by atoms with E-state index in [0.717, 1.165) is 31.2 Å². The molecular formula is C35H26Br2N2O4S. The SMILES string of the molecule is CCOC(=O)C1=C(c2ccccc2)N=c2s/c(=C\c3cc(Br)c(OCc4ccccc4)c(Br)c3)c(=O)n2[C@@H]1c1ccccc1. The minimum atomic E-state index is -0.712. The monoisotopic (exact) mass is 728 g/mol. The quantitative estimate of drug-likeness (QED) is 0.161. The van der Waals surface area contributed by atoms with Crippen molar-refractivity contribution >= 4 is 60.9 Å². The molecule has 0 fully saturated rings. The molecular weight excluding hydrogens is 704 g/mol. The molecule has 0 unspecified atom stereocenters. The molecule has 6 rings (SSSR count). The number of fused-ring (bicyclic) bond motifs is 1. The summed E-state index contributed by atoms with van der Waals surface area (Å²) in [5.74, 6) is 0.167. The molecule has 0 amide bonds. The summed E-state index contributed by atoms with van der Waals surface area (Å²) in [5.41, 5.74) is 4.00. The van der Waals surface area contributed by atoms with Gasteiger partial charge in [0.25, 0.3) is 5.56 Å². The predicted molar refractivity (Wildman–Crippen MR) is 180 cm³/mol. The number of rotatable bonds is 8. The van der Waals surface area contributed by atoms with Crippen LogP contribution in [0.2, 0.25) is 0 Å². The summed E-state index contributed by atoms with van der Waals surface area (Å²) < 4.78 is 15.2. The van der Waals surface area contributed by atoms with Crippen molar-refractivity contribution < 1.29 is 14.3 Å². The van der Waals surface area contributed by atoms with Crippen molar-refractivity contribution in [3.8, 4) is 5.75 Å². The molecule has 2 heterocycles. The Bertz CT molecular complexity index is 2020. The Morgan fingerprint density at radius 2 is 1.55 bits per heavy atom. The molecule has 0 aliphatic carbocycles. The fourth-order valence-corrected chi connectivity index (χ4v) is 7.52. The van der Waals surface area contributed by atoms with Crippen molar-refractivity contribution in [2.24, 2.45) is 4.99 Å². The maximum atomic E-state index is 14.1. The molecule has 6 nitrogen and oxygen atoms in total. The van der Waals surface area contributed by atoms with Gasteiger partial charge in [-0.15, -0.1) is 0 Å². The largest absolute Gasteiger partial charge is 0.487 e. The molecule has 9 heteroatoms. The lowest BCUT2D eigenvalue weighted by Crippen LogP contribution is -2.39. The fraction of sp³-hybridized carbons (Fsp3) is 0.114. The molecule has 4 aromatic carbocycles. The topological polar surface area (TPSA) is 69.9 Å². The van der Waals surface area contributed by atoms with E-state index in [1.54, 1.807) is 11.5 Å². The molecule has 0 saturated carbocycles. The minimum absolute atomic E-state index is 0.200. The van der Waals surface area contributed by atoms with Crippen LogP contribution in [0.15, 0.2) is 127 Å². The van der Waals surface area contributed by atoms with Crippen molar-refractivity contribution in [3.63, 3.8) is 0 Å². The summed E-state index contributed by atoms with van der Waals surface area (Å²) in [6.45, 7) is 2.38. The first-order chi connectivity index (χ1) is 21.4. The number of aromatic nitrogens is 1. The number of carbonyl (C=O) groups excluding carboxylic acids is 1. The highest BCUT2D eigenvalue weighted by Crippen LogP contribution is 2.37. The van der Waals surface area contributed by atoms with Gasteiger partial charge < -0.3 is 9.47 Å². The average Bonchev–Trinajstić information content (AvgIpc) is 3.35. The van der Waals surface area contributed by atoms with Gasteiger partial charge in [-0.05, 0) is 73.7 Å². The first kappa shape index (κ1) is 30.0. The minimum Gasteiger partial charge on any atom is -0.487 e. The molecule has 0 spiro atoms. The second-order valence-electron chi connectivity index (χ2n) is 9.93. The lowest BCUT2D eigenvalue weighted by molar-refractivity contribution is -0.138. The molecule has 1 atom stereocenters. The number of benzene rings is 4. The van der Waals surface area contributed by atoms with Crippen molar-refractivity contribution in [2.45, 2.75) is 19.6 Å². The van der Waals surface area contributed by atoms with Crippen molar-refractivity contribution in [2.75, 3.05) is 6.61 Å². The summed E-state index contributed by atoms with van der Waals surface area (Å²) in [4.78, 5) is 33.1. The predicted octanol–water partition coefficient (Wildman–Crippen LogP) is 7.04. The van der Waals surface area contributed by atoms with Gasteiger partial charge in [-0.2, -0.15) is 0 Å². The number of nitrogens with zero attached hydrogens (tertiary/aromatic N) is 2. The van der Waals surface area contributed by atoms with Crippen LogP contribution in [0.1, 0.15) is 35.2 Å². The van der Waals surface area contributed by atoms with E-state index >= 15 is 0 Å². The average molecular weight is 730 g/mol. The molecule has 0 radical (unpaired) electrons. The molecule has 5 aromatic rings. The summed E-state index contributed by atoms with van der Waals surface area (Å²) in [7, 11) is 0. The van der Waals surface area contributed by atoms with Crippen LogP contribution in [0.25, 0.3) is 11.8 Å². The van der Waals surface area contributed by atoms with E-state index in [4.69, 9.17) is 14.5 Å². The third kappa shape index (κ3) is 6.13. The third-order valence-corrected chi connectivity index (χ3v) is 9.19. The molecule has 1 aliphatic rings. The summed E-state index contributed by atoms with van der Waals surface area (Å²) in [6, 6.07) is 32.1. The molecule has 44 heavy (non-hydrogen) atoms. The molecule has 0 bridgehead atoms. The molecule has 1 aliphatic heterocycles. The summed E-state index contributed by atoms with van der Waals surface area (Å²) in [5, 5.41) is 0. The smallest absolute Gasteiger partial charge is 0.338 e. The van der Waals surface area contributed by atoms with Gasteiger partial charge in [0.15, 0.2) is 4.80 Å². The Kier molecular flexibility index (Phi) is 9.07. The second-order valence-corrected chi connectivity index (χ2v) is 12.6. The first-order valence-electron chi connectivity index (χ1n) is 13.9. The zero-order chi connectivity index (χ0) is 30.6.